The molecule has 1 heterocycles. The molecule has 0 aliphatic carbocycles. The normalized spacial score (nSPS) is 12.5. The minimum atomic E-state index is 0.277. The molecule has 3 nitrogen and oxygen atoms in total. The van der Waals surface area contributed by atoms with Gasteiger partial charge in [-0.3, -0.25) is 4.98 Å². The van der Waals surface area contributed by atoms with Crippen LogP contribution in [-0.2, 0) is 6.42 Å². The molecule has 1 atom stereocenters. The highest BCUT2D eigenvalue weighted by molar-refractivity contribution is 7.09. The molecule has 0 radical (unpaired) electrons. The first-order valence-corrected chi connectivity index (χ1v) is 7.07. The van der Waals surface area contributed by atoms with Crippen molar-refractivity contribution in [2.45, 2.75) is 25.8 Å². The molecule has 2 N–H and O–H groups in total. The van der Waals surface area contributed by atoms with E-state index in [1.165, 1.54) is 4.88 Å². The summed E-state index contributed by atoms with van der Waals surface area (Å²) < 4.78 is 0. The summed E-state index contributed by atoms with van der Waals surface area (Å²) in [7, 11) is 0. The van der Waals surface area contributed by atoms with Gasteiger partial charge in [-0.15, -0.1) is 11.3 Å². The third kappa shape index (κ3) is 3.55. The first-order chi connectivity index (χ1) is 8.79. The molecular formula is C14H18N2OS. The number of benzene rings is 1. The van der Waals surface area contributed by atoms with Gasteiger partial charge in [-0.2, -0.15) is 0 Å². The van der Waals surface area contributed by atoms with Crippen LogP contribution in [0.3, 0.4) is 0 Å². The Morgan fingerprint density at radius 2 is 2.33 bits per heavy atom. The molecule has 96 valence electrons. The highest BCUT2D eigenvalue weighted by atomic mass is 32.1. The molecule has 0 spiro atoms. The van der Waals surface area contributed by atoms with Crippen LogP contribution >= 0.6 is 11.3 Å². The van der Waals surface area contributed by atoms with Crippen LogP contribution in [0, 0.1) is 0 Å². The summed E-state index contributed by atoms with van der Waals surface area (Å²) in [6.45, 7) is 3.15. The Morgan fingerprint density at radius 3 is 3.00 bits per heavy atom. The second-order valence-electron chi connectivity index (χ2n) is 4.28. The fraction of sp³-hybridized carbons (Fsp3) is 0.357. The van der Waals surface area contributed by atoms with E-state index in [1.54, 1.807) is 17.4 Å². The van der Waals surface area contributed by atoms with Gasteiger partial charge in [-0.05, 0) is 37.1 Å². The number of hydrogen-bond acceptors (Lipinski definition) is 4. The van der Waals surface area contributed by atoms with Gasteiger partial charge in [-0.25, -0.2) is 0 Å². The number of phenolic OH excluding ortho intramolecular Hbond substituents is 1. The molecular weight excluding hydrogens is 244 g/mol. The van der Waals surface area contributed by atoms with Crippen LogP contribution in [-0.4, -0.2) is 16.6 Å². The van der Waals surface area contributed by atoms with E-state index in [-0.39, 0.29) is 6.04 Å². The summed E-state index contributed by atoms with van der Waals surface area (Å²) in [5.74, 6) is 0.325. The fourth-order valence-electron chi connectivity index (χ4n) is 1.91. The first kappa shape index (κ1) is 13.1. The van der Waals surface area contributed by atoms with E-state index in [1.807, 2.05) is 29.9 Å². The lowest BCUT2D eigenvalue weighted by molar-refractivity contribution is 0.473. The van der Waals surface area contributed by atoms with Crippen LogP contribution in [0.2, 0.25) is 0 Å². The van der Waals surface area contributed by atoms with Crippen LogP contribution in [0.1, 0.15) is 29.8 Å². The Balaban J connectivity index is 2.10. The second-order valence-corrected chi connectivity index (χ2v) is 5.20. The topological polar surface area (TPSA) is 45.1 Å². The maximum Gasteiger partial charge on any atom is 0.115 e. The van der Waals surface area contributed by atoms with E-state index in [9.17, 15) is 5.11 Å². The molecule has 1 aromatic carbocycles. The number of aromatic hydroxyl groups is 1. The molecule has 0 saturated carbocycles. The summed E-state index contributed by atoms with van der Waals surface area (Å²) >= 11 is 1.67. The van der Waals surface area contributed by atoms with Crippen LogP contribution in [0.5, 0.6) is 5.75 Å². The number of nitrogens with one attached hydrogen (secondary N) is 1. The molecule has 1 aromatic heterocycles. The Hall–Kier alpha value is -1.39. The lowest BCUT2D eigenvalue weighted by Gasteiger charge is -2.16. The van der Waals surface area contributed by atoms with E-state index in [2.05, 4.69) is 17.2 Å². The van der Waals surface area contributed by atoms with Gasteiger partial charge >= 0.3 is 0 Å². The molecule has 0 saturated heterocycles. The number of thiazole rings is 1. The standard InChI is InChI=1S/C14H18N2OS/c1-2-6-16-13(14-9-15-10-18-14)8-11-4-3-5-12(17)7-11/h3-5,7,9-10,13,16-17H,2,6,8H2,1H3. The van der Waals surface area contributed by atoms with Crippen molar-refractivity contribution in [3.05, 3.63) is 46.4 Å². The summed E-state index contributed by atoms with van der Waals surface area (Å²) in [6, 6.07) is 7.72. The number of aromatic nitrogens is 1. The summed E-state index contributed by atoms with van der Waals surface area (Å²) in [5, 5.41) is 13.0. The Labute approximate surface area is 112 Å². The smallest absolute Gasteiger partial charge is 0.115 e. The van der Waals surface area contributed by atoms with Crippen LogP contribution < -0.4 is 5.32 Å². The number of hydrogen-bond donors (Lipinski definition) is 2. The number of rotatable bonds is 6. The summed E-state index contributed by atoms with van der Waals surface area (Å²) in [4.78, 5) is 5.38. The lowest BCUT2D eigenvalue weighted by Crippen LogP contribution is -2.23. The van der Waals surface area contributed by atoms with E-state index < -0.39 is 0 Å². The monoisotopic (exact) mass is 262 g/mol. The lowest BCUT2D eigenvalue weighted by atomic mass is 10.0. The largest absolute Gasteiger partial charge is 0.508 e. The van der Waals surface area contributed by atoms with Gasteiger partial charge in [0.25, 0.3) is 0 Å². The van der Waals surface area contributed by atoms with Crippen molar-refractivity contribution < 1.29 is 5.11 Å². The Kier molecular flexibility index (Phi) is 4.73. The van der Waals surface area contributed by atoms with Gasteiger partial charge in [0.1, 0.15) is 5.75 Å². The van der Waals surface area contributed by atoms with Crippen LogP contribution in [0.25, 0.3) is 0 Å². The van der Waals surface area contributed by atoms with Crippen molar-refractivity contribution in [2.75, 3.05) is 6.54 Å². The number of phenols is 1. The minimum absolute atomic E-state index is 0.277. The third-order valence-electron chi connectivity index (χ3n) is 2.79. The van der Waals surface area contributed by atoms with Crippen LogP contribution in [0.4, 0.5) is 0 Å². The molecule has 2 rings (SSSR count). The van der Waals surface area contributed by atoms with E-state index >= 15 is 0 Å². The van der Waals surface area contributed by atoms with E-state index in [4.69, 9.17) is 0 Å². The van der Waals surface area contributed by atoms with Gasteiger partial charge in [0.05, 0.1) is 5.51 Å². The summed E-state index contributed by atoms with van der Waals surface area (Å²) in [6.07, 6.45) is 3.90. The van der Waals surface area contributed by atoms with Gasteiger partial charge < -0.3 is 10.4 Å². The predicted octanol–water partition coefficient (Wildman–Crippen LogP) is 3.13. The van der Waals surface area contributed by atoms with Gasteiger partial charge in [0, 0.05) is 17.1 Å². The summed E-state index contributed by atoms with van der Waals surface area (Å²) in [5.41, 5.74) is 3.00. The molecule has 0 aliphatic rings. The van der Waals surface area contributed by atoms with Crippen LogP contribution in [0.15, 0.2) is 36.0 Å². The average Bonchev–Trinajstić information content (AvgIpc) is 2.88. The van der Waals surface area contributed by atoms with Crippen molar-refractivity contribution in [2.24, 2.45) is 0 Å². The van der Waals surface area contributed by atoms with Crippen molar-refractivity contribution in [3.8, 4) is 5.75 Å². The van der Waals surface area contributed by atoms with E-state index in [0.29, 0.717) is 5.75 Å². The van der Waals surface area contributed by atoms with E-state index in [0.717, 1.165) is 24.9 Å². The van der Waals surface area contributed by atoms with Crippen molar-refractivity contribution in [1.82, 2.24) is 10.3 Å². The van der Waals surface area contributed by atoms with Gasteiger partial charge in [-0.1, -0.05) is 19.1 Å². The highest BCUT2D eigenvalue weighted by Crippen LogP contribution is 2.23. The quantitative estimate of drug-likeness (QED) is 0.840. The minimum Gasteiger partial charge on any atom is -0.508 e. The molecule has 18 heavy (non-hydrogen) atoms. The SMILES string of the molecule is CCCNC(Cc1cccc(O)c1)c1cncs1. The zero-order valence-electron chi connectivity index (χ0n) is 10.5. The molecule has 0 amide bonds. The molecule has 0 fully saturated rings. The molecule has 0 aliphatic heterocycles. The first-order valence-electron chi connectivity index (χ1n) is 6.19. The third-order valence-corrected chi connectivity index (χ3v) is 3.68. The van der Waals surface area contributed by atoms with Crippen molar-refractivity contribution in [1.29, 1.82) is 0 Å². The Bertz CT molecular complexity index is 470. The Morgan fingerprint density at radius 1 is 1.44 bits per heavy atom. The van der Waals surface area contributed by atoms with Gasteiger partial charge in [0.15, 0.2) is 0 Å². The molecule has 0 bridgehead atoms. The highest BCUT2D eigenvalue weighted by Gasteiger charge is 2.13. The number of nitrogens with zero attached hydrogens (tertiary/aromatic N) is 1. The average molecular weight is 262 g/mol. The second kappa shape index (κ2) is 6.52. The zero-order chi connectivity index (χ0) is 12.8. The maximum atomic E-state index is 9.50. The predicted molar refractivity (Wildman–Crippen MR) is 75.0 cm³/mol. The molecule has 2 aromatic rings. The van der Waals surface area contributed by atoms with Crippen molar-refractivity contribution in [3.63, 3.8) is 0 Å². The maximum absolute atomic E-state index is 9.50. The zero-order valence-corrected chi connectivity index (χ0v) is 11.3. The fourth-order valence-corrected chi connectivity index (χ4v) is 2.60. The van der Waals surface area contributed by atoms with Gasteiger partial charge in [0.2, 0.25) is 0 Å². The molecule has 4 heteroatoms. The molecule has 1 unspecified atom stereocenters. The van der Waals surface area contributed by atoms with Crippen molar-refractivity contribution >= 4 is 11.3 Å².